The highest BCUT2D eigenvalue weighted by atomic mass is 19.4. The number of alkyl halides is 3. The molecule has 0 aliphatic heterocycles. The molecule has 3 nitrogen and oxygen atoms in total. The number of ether oxygens (including phenoxy) is 1. The number of hydrogen-bond donors (Lipinski definition) is 1. The van der Waals surface area contributed by atoms with Crippen molar-refractivity contribution in [2.45, 2.75) is 51.1 Å². The number of pyridine rings is 1. The van der Waals surface area contributed by atoms with Crippen molar-refractivity contribution in [2.75, 3.05) is 13.7 Å². The molecular formula is C26H30F4N2O. The van der Waals surface area contributed by atoms with Gasteiger partial charge in [-0.3, -0.25) is 4.98 Å². The highest BCUT2D eigenvalue weighted by molar-refractivity contribution is 5.81. The summed E-state index contributed by atoms with van der Waals surface area (Å²) in [5.74, 6) is -0.149. The third-order valence-electron chi connectivity index (χ3n) is 6.40. The van der Waals surface area contributed by atoms with E-state index < -0.39 is 22.8 Å². The molecule has 0 spiro atoms. The van der Waals surface area contributed by atoms with Gasteiger partial charge in [0.2, 0.25) is 0 Å². The third-order valence-corrected chi connectivity index (χ3v) is 6.40. The van der Waals surface area contributed by atoms with Gasteiger partial charge in [0, 0.05) is 17.1 Å². The van der Waals surface area contributed by atoms with Crippen molar-refractivity contribution >= 4 is 10.9 Å². The van der Waals surface area contributed by atoms with Crippen LogP contribution in [-0.4, -0.2) is 24.8 Å². The van der Waals surface area contributed by atoms with Crippen LogP contribution in [0.25, 0.3) is 10.9 Å². The first-order valence-corrected chi connectivity index (χ1v) is 11.0. The normalized spacial score (nSPS) is 14.3. The Balaban J connectivity index is 2.14. The SMILES string of the molecule is COc1ccc(F)cc1C(C)(C)CC(CCCN)(Cc1ccnc2ccccc12)C(F)(F)F. The number of fused-ring (bicyclic) bond motifs is 1. The number of nitrogens with zero attached hydrogens (tertiary/aromatic N) is 1. The Morgan fingerprint density at radius 1 is 1.03 bits per heavy atom. The van der Waals surface area contributed by atoms with E-state index >= 15 is 0 Å². The first-order valence-electron chi connectivity index (χ1n) is 11.0. The molecule has 7 heteroatoms. The lowest BCUT2D eigenvalue weighted by Crippen LogP contribution is -2.45. The van der Waals surface area contributed by atoms with E-state index in [4.69, 9.17) is 10.5 Å². The van der Waals surface area contributed by atoms with Crippen molar-refractivity contribution in [1.29, 1.82) is 0 Å². The molecular weight excluding hydrogens is 432 g/mol. The standard InChI is InChI=1S/C26H30F4N2O/c1-24(2,21-15-19(27)9-10-23(21)33-3)17-25(12-6-13-31,26(28,29)30)16-18-11-14-32-22-8-5-4-7-20(18)22/h4-5,7-11,14-15H,6,12-13,16-17,31H2,1-3H3. The van der Waals surface area contributed by atoms with Crippen LogP contribution in [0.3, 0.4) is 0 Å². The highest BCUT2D eigenvalue weighted by Gasteiger charge is 2.56. The number of benzene rings is 2. The van der Waals surface area contributed by atoms with Crippen molar-refractivity contribution in [1.82, 2.24) is 4.98 Å². The van der Waals surface area contributed by atoms with E-state index in [2.05, 4.69) is 4.98 Å². The molecule has 0 aliphatic rings. The smallest absolute Gasteiger partial charge is 0.394 e. The third kappa shape index (κ3) is 5.29. The zero-order valence-electron chi connectivity index (χ0n) is 19.2. The van der Waals surface area contributed by atoms with Crippen molar-refractivity contribution < 1.29 is 22.3 Å². The van der Waals surface area contributed by atoms with Crippen LogP contribution < -0.4 is 10.5 Å². The summed E-state index contributed by atoms with van der Waals surface area (Å²) in [6.45, 7) is 3.56. The van der Waals surface area contributed by atoms with E-state index in [9.17, 15) is 17.6 Å². The summed E-state index contributed by atoms with van der Waals surface area (Å²) >= 11 is 0. The Hall–Kier alpha value is -2.67. The summed E-state index contributed by atoms with van der Waals surface area (Å²) in [5.41, 5.74) is 4.19. The van der Waals surface area contributed by atoms with Crippen LogP contribution in [0, 0.1) is 11.2 Å². The Morgan fingerprint density at radius 3 is 2.42 bits per heavy atom. The molecule has 0 bridgehead atoms. The number of methoxy groups -OCH3 is 1. The van der Waals surface area contributed by atoms with Crippen LogP contribution in [0.15, 0.2) is 54.7 Å². The minimum Gasteiger partial charge on any atom is -0.496 e. The predicted octanol–water partition coefficient (Wildman–Crippen LogP) is 6.58. The van der Waals surface area contributed by atoms with Gasteiger partial charge in [-0.05, 0) is 73.5 Å². The first-order chi connectivity index (χ1) is 15.5. The van der Waals surface area contributed by atoms with Gasteiger partial charge in [-0.1, -0.05) is 32.0 Å². The molecule has 3 aromatic rings. The fourth-order valence-corrected chi connectivity index (χ4v) is 4.85. The molecule has 2 N–H and O–H groups in total. The molecule has 1 aromatic heterocycles. The van der Waals surface area contributed by atoms with Crippen molar-refractivity contribution in [3.05, 3.63) is 71.7 Å². The molecule has 3 rings (SSSR count). The van der Waals surface area contributed by atoms with E-state index in [-0.39, 0.29) is 32.2 Å². The second kappa shape index (κ2) is 9.67. The van der Waals surface area contributed by atoms with Crippen LogP contribution in [0.4, 0.5) is 17.6 Å². The summed E-state index contributed by atoms with van der Waals surface area (Å²) in [7, 11) is 1.43. The van der Waals surface area contributed by atoms with Gasteiger partial charge >= 0.3 is 6.18 Å². The monoisotopic (exact) mass is 462 g/mol. The van der Waals surface area contributed by atoms with Crippen LogP contribution >= 0.6 is 0 Å². The number of nitrogens with two attached hydrogens (primary N) is 1. The molecule has 0 aliphatic carbocycles. The van der Waals surface area contributed by atoms with E-state index in [1.807, 2.05) is 6.07 Å². The zero-order valence-corrected chi connectivity index (χ0v) is 19.2. The predicted molar refractivity (Wildman–Crippen MR) is 123 cm³/mol. The van der Waals surface area contributed by atoms with Gasteiger partial charge in [-0.25, -0.2) is 4.39 Å². The summed E-state index contributed by atoms with van der Waals surface area (Å²) < 4.78 is 64.3. The second-order valence-corrected chi connectivity index (χ2v) is 9.24. The molecule has 1 unspecified atom stereocenters. The maximum atomic E-state index is 14.9. The van der Waals surface area contributed by atoms with Crippen molar-refractivity contribution in [3.8, 4) is 5.75 Å². The van der Waals surface area contributed by atoms with Gasteiger partial charge in [0.05, 0.1) is 18.0 Å². The van der Waals surface area contributed by atoms with Gasteiger partial charge in [0.1, 0.15) is 11.6 Å². The Bertz CT molecular complexity index is 1090. The number of hydrogen-bond acceptors (Lipinski definition) is 3. The molecule has 2 aromatic carbocycles. The lowest BCUT2D eigenvalue weighted by atomic mass is 9.64. The molecule has 33 heavy (non-hydrogen) atoms. The number of rotatable bonds is 9. The van der Waals surface area contributed by atoms with Crippen molar-refractivity contribution in [3.63, 3.8) is 0 Å². The average Bonchev–Trinajstić information content (AvgIpc) is 2.76. The number of aromatic nitrogens is 1. The molecule has 178 valence electrons. The Morgan fingerprint density at radius 2 is 1.76 bits per heavy atom. The van der Waals surface area contributed by atoms with E-state index in [1.165, 1.54) is 25.3 Å². The highest BCUT2D eigenvalue weighted by Crippen LogP contribution is 2.53. The zero-order chi connectivity index (χ0) is 24.3. The average molecular weight is 463 g/mol. The van der Waals surface area contributed by atoms with Gasteiger partial charge in [0.25, 0.3) is 0 Å². The minimum absolute atomic E-state index is 0.134. The summed E-state index contributed by atoms with van der Waals surface area (Å²) in [6.07, 6.45) is -3.35. The lowest BCUT2D eigenvalue weighted by molar-refractivity contribution is -0.234. The molecule has 0 saturated heterocycles. The van der Waals surface area contributed by atoms with Crippen molar-refractivity contribution in [2.24, 2.45) is 11.1 Å². The molecule has 0 saturated carbocycles. The molecule has 0 amide bonds. The molecule has 1 heterocycles. The van der Waals surface area contributed by atoms with Crippen LogP contribution in [0.5, 0.6) is 5.75 Å². The van der Waals surface area contributed by atoms with E-state index in [0.29, 0.717) is 27.8 Å². The van der Waals surface area contributed by atoms with E-state index in [0.717, 1.165) is 0 Å². The first kappa shape index (κ1) is 25.0. The molecule has 0 fully saturated rings. The van der Waals surface area contributed by atoms with Gasteiger partial charge in [-0.15, -0.1) is 0 Å². The van der Waals surface area contributed by atoms with Gasteiger partial charge < -0.3 is 10.5 Å². The topological polar surface area (TPSA) is 48.1 Å². The molecule has 0 radical (unpaired) electrons. The minimum atomic E-state index is -4.51. The fourth-order valence-electron chi connectivity index (χ4n) is 4.85. The van der Waals surface area contributed by atoms with Gasteiger partial charge in [-0.2, -0.15) is 13.2 Å². The molecule has 1 atom stereocenters. The summed E-state index contributed by atoms with van der Waals surface area (Å²) in [6, 6.07) is 12.8. The number of halogens is 4. The van der Waals surface area contributed by atoms with Crippen LogP contribution in [-0.2, 0) is 11.8 Å². The maximum Gasteiger partial charge on any atom is 0.394 e. The quantitative estimate of drug-likeness (QED) is 0.366. The Labute approximate surface area is 192 Å². The number of para-hydroxylation sites is 1. The lowest BCUT2D eigenvalue weighted by Gasteiger charge is -2.42. The van der Waals surface area contributed by atoms with Gasteiger partial charge in [0.15, 0.2) is 0 Å². The fraction of sp³-hybridized carbons (Fsp3) is 0.423. The van der Waals surface area contributed by atoms with Crippen LogP contribution in [0.2, 0.25) is 0 Å². The van der Waals surface area contributed by atoms with E-state index in [1.54, 1.807) is 44.3 Å². The maximum absolute atomic E-state index is 14.9. The summed E-state index contributed by atoms with van der Waals surface area (Å²) in [5, 5.41) is 0.697. The summed E-state index contributed by atoms with van der Waals surface area (Å²) in [4.78, 5) is 4.29. The Kier molecular flexibility index (Phi) is 7.32. The largest absolute Gasteiger partial charge is 0.496 e. The van der Waals surface area contributed by atoms with Crippen LogP contribution in [0.1, 0.15) is 44.2 Å². The second-order valence-electron chi connectivity index (χ2n) is 9.24.